The Balaban J connectivity index is 0.00000127. The zero-order valence-electron chi connectivity index (χ0n) is 15.9. The Morgan fingerprint density at radius 3 is 2.68 bits per heavy atom. The van der Waals surface area contributed by atoms with Crippen LogP contribution in [0.15, 0.2) is 24.4 Å². The number of aryl methyl sites for hydroxylation is 2. The zero-order valence-corrected chi connectivity index (χ0v) is 15.9. The Bertz CT molecular complexity index is 764. The summed E-state index contributed by atoms with van der Waals surface area (Å²) in [6.45, 7) is 7.90. The SMILES string of the molecule is CCC.COc1cc(-c2c(C)cc3c(c2NC(C)=O)CCC3)ccn1.[HH].[HH]. The van der Waals surface area contributed by atoms with E-state index >= 15 is 0 Å². The van der Waals surface area contributed by atoms with Crippen molar-refractivity contribution in [2.45, 2.75) is 53.4 Å². The minimum Gasteiger partial charge on any atom is -0.481 e. The highest BCUT2D eigenvalue weighted by Gasteiger charge is 2.22. The molecule has 1 heterocycles. The molecule has 1 aliphatic carbocycles. The molecule has 1 aliphatic rings. The zero-order chi connectivity index (χ0) is 18.4. The topological polar surface area (TPSA) is 51.2 Å². The van der Waals surface area contributed by atoms with Gasteiger partial charge in [-0.1, -0.05) is 26.3 Å². The molecule has 0 aliphatic heterocycles. The van der Waals surface area contributed by atoms with Crippen LogP contribution < -0.4 is 10.1 Å². The lowest BCUT2D eigenvalue weighted by atomic mass is 9.93. The maximum Gasteiger partial charge on any atom is 0.221 e. The summed E-state index contributed by atoms with van der Waals surface area (Å²) in [5.74, 6) is 0.535. The number of aromatic nitrogens is 1. The van der Waals surface area contributed by atoms with E-state index in [1.165, 1.54) is 17.5 Å². The molecule has 0 bridgehead atoms. The molecule has 0 saturated heterocycles. The monoisotopic (exact) mass is 344 g/mol. The standard InChI is InChI=1S/C18H20N2O2.C3H8.2H2/c1-11-9-13-5-4-6-15(13)18(20-12(2)21)17(11)14-7-8-19-16(10-14)22-3;1-3-2;;/h7-10H,4-6H2,1-3H3,(H,20,21);3H2,1-2H3;2*1H. The maximum atomic E-state index is 11.7. The first-order valence-electron chi connectivity index (χ1n) is 8.95. The number of methoxy groups -OCH3 is 1. The van der Waals surface area contributed by atoms with Crippen molar-refractivity contribution < 1.29 is 12.4 Å². The van der Waals surface area contributed by atoms with Crippen molar-refractivity contribution in [2.75, 3.05) is 12.4 Å². The largest absolute Gasteiger partial charge is 0.481 e. The molecule has 0 unspecified atom stereocenters. The smallest absolute Gasteiger partial charge is 0.221 e. The van der Waals surface area contributed by atoms with Gasteiger partial charge in [-0.15, -0.1) is 0 Å². The van der Waals surface area contributed by atoms with Crippen molar-refractivity contribution in [3.8, 4) is 17.0 Å². The number of nitrogens with one attached hydrogen (secondary N) is 1. The third-order valence-electron chi connectivity index (χ3n) is 4.13. The van der Waals surface area contributed by atoms with Crippen molar-refractivity contribution in [3.05, 3.63) is 41.1 Å². The van der Waals surface area contributed by atoms with Crippen LogP contribution in [0.1, 0.15) is 53.2 Å². The molecule has 0 spiro atoms. The number of hydrogen-bond donors (Lipinski definition) is 1. The Morgan fingerprint density at radius 2 is 2.04 bits per heavy atom. The van der Waals surface area contributed by atoms with Gasteiger partial charge in [0.05, 0.1) is 12.8 Å². The van der Waals surface area contributed by atoms with Crippen LogP contribution in [0.2, 0.25) is 0 Å². The van der Waals surface area contributed by atoms with Gasteiger partial charge in [0.15, 0.2) is 0 Å². The quantitative estimate of drug-likeness (QED) is 0.808. The summed E-state index contributed by atoms with van der Waals surface area (Å²) >= 11 is 0. The van der Waals surface area contributed by atoms with Gasteiger partial charge in [-0.25, -0.2) is 4.98 Å². The fourth-order valence-corrected chi connectivity index (χ4v) is 3.26. The normalized spacial score (nSPS) is 12.0. The summed E-state index contributed by atoms with van der Waals surface area (Å²) in [4.78, 5) is 15.8. The van der Waals surface area contributed by atoms with Gasteiger partial charge >= 0.3 is 0 Å². The number of anilines is 1. The van der Waals surface area contributed by atoms with Crippen molar-refractivity contribution in [3.63, 3.8) is 0 Å². The van der Waals surface area contributed by atoms with Crippen LogP contribution in [0.25, 0.3) is 11.1 Å². The van der Waals surface area contributed by atoms with Gasteiger partial charge < -0.3 is 10.1 Å². The number of fused-ring (bicyclic) bond motifs is 1. The van der Waals surface area contributed by atoms with E-state index in [2.05, 4.69) is 37.1 Å². The van der Waals surface area contributed by atoms with E-state index in [0.717, 1.165) is 41.6 Å². The molecule has 2 aromatic rings. The van der Waals surface area contributed by atoms with E-state index in [1.54, 1.807) is 20.2 Å². The number of nitrogens with zero attached hydrogens (tertiary/aromatic N) is 1. The predicted octanol–water partition coefficient (Wildman–Crippen LogP) is 5.42. The molecule has 0 fully saturated rings. The second-order valence-electron chi connectivity index (χ2n) is 6.41. The third-order valence-corrected chi connectivity index (χ3v) is 4.13. The summed E-state index contributed by atoms with van der Waals surface area (Å²) < 4.78 is 5.23. The van der Waals surface area contributed by atoms with E-state index in [1.807, 2.05) is 12.1 Å². The van der Waals surface area contributed by atoms with Gasteiger partial charge in [-0.05, 0) is 54.5 Å². The number of rotatable bonds is 3. The molecule has 4 heteroatoms. The molecular formula is C21H32N2O2. The first kappa shape index (κ1) is 19.0. The van der Waals surface area contributed by atoms with E-state index in [-0.39, 0.29) is 8.76 Å². The average Bonchev–Trinajstić information content (AvgIpc) is 3.03. The number of benzene rings is 1. The Labute approximate surface area is 153 Å². The summed E-state index contributed by atoms with van der Waals surface area (Å²) in [7, 11) is 1.61. The van der Waals surface area contributed by atoms with Crippen molar-refractivity contribution in [1.29, 1.82) is 0 Å². The maximum absolute atomic E-state index is 11.7. The number of pyridine rings is 1. The Morgan fingerprint density at radius 1 is 1.32 bits per heavy atom. The molecular weight excluding hydrogens is 312 g/mol. The molecule has 25 heavy (non-hydrogen) atoms. The molecule has 0 saturated carbocycles. The summed E-state index contributed by atoms with van der Waals surface area (Å²) in [6, 6.07) is 6.11. The molecule has 138 valence electrons. The first-order chi connectivity index (χ1) is 12.0. The second-order valence-corrected chi connectivity index (χ2v) is 6.41. The van der Waals surface area contributed by atoms with Crippen LogP contribution in [0, 0.1) is 6.92 Å². The Kier molecular flexibility index (Phi) is 6.57. The molecule has 1 N–H and O–H groups in total. The van der Waals surface area contributed by atoms with E-state index in [0.29, 0.717) is 5.88 Å². The second kappa shape index (κ2) is 8.65. The molecule has 0 atom stereocenters. The van der Waals surface area contributed by atoms with Crippen molar-refractivity contribution >= 4 is 11.6 Å². The van der Waals surface area contributed by atoms with Crippen LogP contribution >= 0.6 is 0 Å². The van der Waals surface area contributed by atoms with Gasteiger partial charge in [-0.3, -0.25) is 4.79 Å². The third kappa shape index (κ3) is 4.38. The summed E-state index contributed by atoms with van der Waals surface area (Å²) in [6.07, 6.45) is 6.23. The lowest BCUT2D eigenvalue weighted by molar-refractivity contribution is -0.114. The van der Waals surface area contributed by atoms with Crippen LogP contribution in [0.4, 0.5) is 5.69 Å². The van der Waals surface area contributed by atoms with Crippen LogP contribution in [-0.4, -0.2) is 18.0 Å². The van der Waals surface area contributed by atoms with Gasteiger partial charge in [0.1, 0.15) is 0 Å². The van der Waals surface area contributed by atoms with Crippen molar-refractivity contribution in [1.82, 2.24) is 4.98 Å². The van der Waals surface area contributed by atoms with Gasteiger partial charge in [-0.2, -0.15) is 0 Å². The number of amides is 1. The van der Waals surface area contributed by atoms with Gasteiger partial charge in [0.25, 0.3) is 0 Å². The lowest BCUT2D eigenvalue weighted by Crippen LogP contribution is -2.10. The number of ether oxygens (including phenoxy) is 1. The van der Waals surface area contributed by atoms with E-state index < -0.39 is 0 Å². The molecule has 1 aromatic heterocycles. The number of carbonyl (C=O) groups excluding carboxylic acids is 1. The molecule has 3 rings (SSSR count). The highest BCUT2D eigenvalue weighted by atomic mass is 16.5. The fraction of sp³-hybridized carbons (Fsp3) is 0.429. The highest BCUT2D eigenvalue weighted by Crippen LogP contribution is 2.40. The van der Waals surface area contributed by atoms with Crippen LogP contribution in [-0.2, 0) is 17.6 Å². The summed E-state index contributed by atoms with van der Waals surface area (Å²) in [5.41, 5.74) is 6.82. The fourth-order valence-electron chi connectivity index (χ4n) is 3.26. The molecule has 0 radical (unpaired) electrons. The first-order valence-corrected chi connectivity index (χ1v) is 8.95. The van der Waals surface area contributed by atoms with Gasteiger partial charge in [0, 0.05) is 27.6 Å². The lowest BCUT2D eigenvalue weighted by Gasteiger charge is -2.18. The van der Waals surface area contributed by atoms with Crippen LogP contribution in [0.3, 0.4) is 0 Å². The van der Waals surface area contributed by atoms with E-state index in [9.17, 15) is 4.79 Å². The Hall–Kier alpha value is -2.36. The minimum atomic E-state index is -0.0398. The van der Waals surface area contributed by atoms with Crippen LogP contribution in [0.5, 0.6) is 5.88 Å². The number of hydrogen-bond acceptors (Lipinski definition) is 3. The van der Waals surface area contributed by atoms with E-state index in [4.69, 9.17) is 4.74 Å². The van der Waals surface area contributed by atoms with Crippen molar-refractivity contribution in [2.24, 2.45) is 0 Å². The number of carbonyl (C=O) groups is 1. The summed E-state index contributed by atoms with van der Waals surface area (Å²) in [5, 5.41) is 3.05. The molecule has 4 nitrogen and oxygen atoms in total. The predicted molar refractivity (Wildman–Crippen MR) is 107 cm³/mol. The molecule has 1 aromatic carbocycles. The highest BCUT2D eigenvalue weighted by molar-refractivity contribution is 5.97. The van der Waals surface area contributed by atoms with Gasteiger partial charge in [0.2, 0.25) is 11.8 Å². The molecule has 1 amide bonds. The average molecular weight is 344 g/mol. The minimum absolute atomic E-state index is 0.